The van der Waals surface area contributed by atoms with Crippen molar-refractivity contribution in [3.8, 4) is 0 Å². The van der Waals surface area contributed by atoms with Crippen LogP contribution in [-0.4, -0.2) is 16.5 Å². The van der Waals surface area contributed by atoms with Crippen molar-refractivity contribution in [2.45, 2.75) is 26.3 Å². The fraction of sp³-hybridized carbons (Fsp3) is 0.385. The highest BCUT2D eigenvalue weighted by atomic mass is 35.5. The van der Waals surface area contributed by atoms with Gasteiger partial charge in [0.05, 0.1) is 12.4 Å². The molecule has 0 aromatic carbocycles. The Hall–Kier alpha value is -1.13. The second-order valence-corrected chi connectivity index (χ2v) is 5.29. The van der Waals surface area contributed by atoms with Crippen molar-refractivity contribution < 1.29 is 0 Å². The molecule has 0 aliphatic carbocycles. The van der Waals surface area contributed by atoms with Crippen molar-refractivity contribution in [1.82, 2.24) is 9.97 Å². The maximum absolute atomic E-state index is 5.96. The van der Waals surface area contributed by atoms with E-state index < -0.39 is 0 Å². The van der Waals surface area contributed by atoms with Gasteiger partial charge in [-0.1, -0.05) is 6.07 Å². The first-order valence-corrected chi connectivity index (χ1v) is 7.31. The standard InChI is InChI=1S/C13H16ClN3S/c1-3-17(9-12-5-4-6-18-12)13-11(7-14)8-15-10(2)16-13/h4-6,8H,3,7,9H2,1-2H3. The van der Waals surface area contributed by atoms with Gasteiger partial charge in [0, 0.05) is 23.2 Å². The Balaban J connectivity index is 2.28. The van der Waals surface area contributed by atoms with E-state index in [1.54, 1.807) is 11.3 Å². The van der Waals surface area contributed by atoms with Gasteiger partial charge in [-0.3, -0.25) is 0 Å². The lowest BCUT2D eigenvalue weighted by Gasteiger charge is -2.23. The average Bonchev–Trinajstić information content (AvgIpc) is 2.88. The number of halogens is 1. The number of hydrogen-bond donors (Lipinski definition) is 0. The van der Waals surface area contributed by atoms with E-state index in [4.69, 9.17) is 11.6 Å². The molecule has 0 saturated heterocycles. The molecule has 0 amide bonds. The molecule has 0 aliphatic rings. The average molecular weight is 282 g/mol. The molecule has 3 nitrogen and oxygen atoms in total. The minimum atomic E-state index is 0.441. The Morgan fingerprint density at radius 1 is 1.44 bits per heavy atom. The van der Waals surface area contributed by atoms with Crippen LogP contribution in [0.2, 0.25) is 0 Å². The molecule has 0 unspecified atom stereocenters. The molecule has 0 aliphatic heterocycles. The molecule has 2 rings (SSSR count). The molecular formula is C13H16ClN3S. The molecule has 2 heterocycles. The Kier molecular flexibility index (Phi) is 4.55. The van der Waals surface area contributed by atoms with Gasteiger partial charge in [-0.15, -0.1) is 22.9 Å². The second kappa shape index (κ2) is 6.16. The van der Waals surface area contributed by atoms with Crippen LogP contribution < -0.4 is 4.90 Å². The fourth-order valence-electron chi connectivity index (χ4n) is 1.78. The van der Waals surface area contributed by atoms with E-state index in [2.05, 4.69) is 39.3 Å². The van der Waals surface area contributed by atoms with Gasteiger partial charge in [0.2, 0.25) is 0 Å². The third kappa shape index (κ3) is 3.00. The van der Waals surface area contributed by atoms with Crippen LogP contribution in [0.1, 0.15) is 23.2 Å². The van der Waals surface area contributed by atoms with Gasteiger partial charge in [-0.2, -0.15) is 0 Å². The lowest BCUT2D eigenvalue weighted by Crippen LogP contribution is -2.24. The third-order valence-corrected chi connectivity index (χ3v) is 3.86. The Bertz CT molecular complexity index is 499. The van der Waals surface area contributed by atoms with E-state index in [1.807, 2.05) is 13.1 Å². The highest BCUT2D eigenvalue weighted by Crippen LogP contribution is 2.22. The van der Waals surface area contributed by atoms with Gasteiger partial charge in [0.1, 0.15) is 11.6 Å². The predicted octanol–water partition coefficient (Wildman–Crippen LogP) is 3.61. The summed E-state index contributed by atoms with van der Waals surface area (Å²) < 4.78 is 0. The van der Waals surface area contributed by atoms with Crippen LogP contribution in [0.5, 0.6) is 0 Å². The highest BCUT2D eigenvalue weighted by Gasteiger charge is 2.13. The number of alkyl halides is 1. The summed E-state index contributed by atoms with van der Waals surface area (Å²) in [5, 5.41) is 2.09. The van der Waals surface area contributed by atoms with Gasteiger partial charge in [0.25, 0.3) is 0 Å². The first-order valence-electron chi connectivity index (χ1n) is 5.90. The monoisotopic (exact) mass is 281 g/mol. The maximum Gasteiger partial charge on any atom is 0.137 e. The summed E-state index contributed by atoms with van der Waals surface area (Å²) in [6.45, 7) is 5.80. The summed E-state index contributed by atoms with van der Waals surface area (Å²) in [5.41, 5.74) is 0.987. The summed E-state index contributed by atoms with van der Waals surface area (Å²) in [7, 11) is 0. The number of rotatable bonds is 5. The molecule has 0 N–H and O–H groups in total. The van der Waals surface area contributed by atoms with E-state index in [0.717, 1.165) is 30.3 Å². The number of anilines is 1. The zero-order valence-corrected chi connectivity index (χ0v) is 12.1. The molecule has 0 fully saturated rings. The van der Waals surface area contributed by atoms with Gasteiger partial charge >= 0.3 is 0 Å². The number of thiophene rings is 1. The molecule has 2 aromatic rings. The van der Waals surface area contributed by atoms with Crippen LogP contribution in [0.3, 0.4) is 0 Å². The normalized spacial score (nSPS) is 10.6. The zero-order valence-electron chi connectivity index (χ0n) is 10.6. The lowest BCUT2D eigenvalue weighted by atomic mass is 10.3. The van der Waals surface area contributed by atoms with E-state index in [-0.39, 0.29) is 0 Å². The molecule has 0 radical (unpaired) electrons. The van der Waals surface area contributed by atoms with Crippen molar-refractivity contribution >= 4 is 28.8 Å². The van der Waals surface area contributed by atoms with Crippen LogP contribution >= 0.6 is 22.9 Å². The van der Waals surface area contributed by atoms with E-state index >= 15 is 0 Å². The SMILES string of the molecule is CCN(Cc1cccs1)c1nc(C)ncc1CCl. The van der Waals surface area contributed by atoms with Gasteiger partial charge in [-0.05, 0) is 25.3 Å². The van der Waals surface area contributed by atoms with Gasteiger partial charge in [0.15, 0.2) is 0 Å². The Morgan fingerprint density at radius 3 is 2.89 bits per heavy atom. The largest absolute Gasteiger partial charge is 0.351 e. The van der Waals surface area contributed by atoms with Crippen LogP contribution in [0, 0.1) is 6.92 Å². The first kappa shape index (κ1) is 13.3. The minimum absolute atomic E-state index is 0.441. The van der Waals surface area contributed by atoms with E-state index in [0.29, 0.717) is 5.88 Å². The molecular weight excluding hydrogens is 266 g/mol. The number of aryl methyl sites for hydroxylation is 1. The van der Waals surface area contributed by atoms with Crippen molar-refractivity contribution in [2.75, 3.05) is 11.4 Å². The molecule has 0 atom stereocenters. The third-order valence-electron chi connectivity index (χ3n) is 2.71. The Morgan fingerprint density at radius 2 is 2.28 bits per heavy atom. The Labute approximate surface area is 116 Å². The lowest BCUT2D eigenvalue weighted by molar-refractivity contribution is 0.805. The molecule has 0 bridgehead atoms. The maximum atomic E-state index is 5.96. The molecule has 0 spiro atoms. The van der Waals surface area contributed by atoms with Crippen molar-refractivity contribution in [1.29, 1.82) is 0 Å². The quantitative estimate of drug-likeness (QED) is 0.784. The first-order chi connectivity index (χ1) is 8.74. The smallest absolute Gasteiger partial charge is 0.137 e. The molecule has 18 heavy (non-hydrogen) atoms. The zero-order chi connectivity index (χ0) is 13.0. The van der Waals surface area contributed by atoms with E-state index in [9.17, 15) is 0 Å². The fourth-order valence-corrected chi connectivity index (χ4v) is 2.69. The summed E-state index contributed by atoms with van der Waals surface area (Å²) in [6.07, 6.45) is 1.82. The number of nitrogens with zero attached hydrogens (tertiary/aromatic N) is 3. The van der Waals surface area contributed by atoms with Crippen LogP contribution in [0.15, 0.2) is 23.7 Å². The van der Waals surface area contributed by atoms with E-state index in [1.165, 1.54) is 4.88 Å². The van der Waals surface area contributed by atoms with Gasteiger partial charge < -0.3 is 4.90 Å². The summed E-state index contributed by atoms with van der Waals surface area (Å²) >= 11 is 7.72. The highest BCUT2D eigenvalue weighted by molar-refractivity contribution is 7.09. The summed E-state index contributed by atoms with van der Waals surface area (Å²) in [4.78, 5) is 12.3. The second-order valence-electron chi connectivity index (χ2n) is 3.99. The topological polar surface area (TPSA) is 29.0 Å². The number of hydrogen-bond acceptors (Lipinski definition) is 4. The number of aromatic nitrogens is 2. The van der Waals surface area contributed by atoms with Crippen molar-refractivity contribution in [3.63, 3.8) is 0 Å². The van der Waals surface area contributed by atoms with Crippen LogP contribution in [0.25, 0.3) is 0 Å². The van der Waals surface area contributed by atoms with Crippen molar-refractivity contribution in [3.05, 3.63) is 40.0 Å². The van der Waals surface area contributed by atoms with Gasteiger partial charge in [-0.25, -0.2) is 9.97 Å². The molecule has 96 valence electrons. The summed E-state index contributed by atoms with van der Waals surface area (Å²) in [5.74, 6) is 2.17. The van der Waals surface area contributed by atoms with Crippen LogP contribution in [-0.2, 0) is 12.4 Å². The molecule has 2 aromatic heterocycles. The van der Waals surface area contributed by atoms with Crippen LogP contribution in [0.4, 0.5) is 5.82 Å². The minimum Gasteiger partial charge on any atom is -0.351 e. The molecule has 0 saturated carbocycles. The predicted molar refractivity (Wildman–Crippen MR) is 77.4 cm³/mol. The molecule has 5 heteroatoms. The van der Waals surface area contributed by atoms with Crippen molar-refractivity contribution in [2.24, 2.45) is 0 Å². The summed E-state index contributed by atoms with van der Waals surface area (Å²) in [6, 6.07) is 4.21.